The van der Waals surface area contributed by atoms with E-state index < -0.39 is 0 Å². The van der Waals surface area contributed by atoms with Crippen molar-refractivity contribution in [2.45, 2.75) is 19.5 Å². The molecule has 0 saturated carbocycles. The third kappa shape index (κ3) is 2.44. The molecule has 1 aliphatic heterocycles. The highest BCUT2D eigenvalue weighted by Gasteiger charge is 2.16. The van der Waals surface area contributed by atoms with Crippen LogP contribution in [0.3, 0.4) is 0 Å². The van der Waals surface area contributed by atoms with E-state index >= 15 is 0 Å². The van der Waals surface area contributed by atoms with Crippen LogP contribution in [-0.4, -0.2) is 16.4 Å². The zero-order chi connectivity index (χ0) is 14.9. The number of nitrogens with zero attached hydrogens (tertiary/aromatic N) is 1. The van der Waals surface area contributed by atoms with Gasteiger partial charge in [0.1, 0.15) is 0 Å². The van der Waals surface area contributed by atoms with Crippen molar-refractivity contribution >= 4 is 10.9 Å². The molecule has 2 heterocycles. The van der Waals surface area contributed by atoms with E-state index in [0.29, 0.717) is 0 Å². The van der Waals surface area contributed by atoms with Gasteiger partial charge in [-0.3, -0.25) is 9.69 Å². The van der Waals surface area contributed by atoms with E-state index in [4.69, 9.17) is 0 Å². The number of nitrogens with one attached hydrogen (secondary N) is 1. The average molecular weight is 290 g/mol. The van der Waals surface area contributed by atoms with Crippen LogP contribution in [0.2, 0.25) is 0 Å². The Balaban J connectivity index is 1.66. The lowest BCUT2D eigenvalue weighted by molar-refractivity contribution is 0.246. The van der Waals surface area contributed by atoms with Crippen LogP contribution >= 0.6 is 0 Å². The molecule has 0 radical (unpaired) electrons. The molecule has 0 unspecified atom stereocenters. The molecular weight excluding hydrogens is 272 g/mol. The molecule has 0 amide bonds. The predicted molar refractivity (Wildman–Crippen MR) is 88.8 cm³/mol. The Hall–Kier alpha value is -2.39. The Morgan fingerprint density at radius 2 is 1.77 bits per heavy atom. The largest absolute Gasteiger partial charge is 0.322 e. The third-order valence-corrected chi connectivity index (χ3v) is 4.44. The molecule has 0 atom stereocenters. The van der Waals surface area contributed by atoms with E-state index in [1.165, 1.54) is 11.1 Å². The predicted octanol–water partition coefficient (Wildman–Crippen LogP) is 3.09. The first-order chi connectivity index (χ1) is 10.8. The van der Waals surface area contributed by atoms with Crippen LogP contribution in [0.5, 0.6) is 0 Å². The number of pyridine rings is 1. The molecule has 1 N–H and O–H groups in total. The lowest BCUT2D eigenvalue weighted by Crippen LogP contribution is -2.30. The van der Waals surface area contributed by atoms with Gasteiger partial charge in [-0.25, -0.2) is 0 Å². The van der Waals surface area contributed by atoms with Gasteiger partial charge in [-0.05, 0) is 29.2 Å². The van der Waals surface area contributed by atoms with Crippen LogP contribution in [0.4, 0.5) is 0 Å². The van der Waals surface area contributed by atoms with Crippen molar-refractivity contribution in [3.63, 3.8) is 0 Å². The van der Waals surface area contributed by atoms with Gasteiger partial charge in [-0.1, -0.05) is 42.5 Å². The first kappa shape index (κ1) is 13.3. The van der Waals surface area contributed by atoms with Crippen LogP contribution < -0.4 is 5.56 Å². The molecule has 4 rings (SSSR count). The zero-order valence-corrected chi connectivity index (χ0v) is 12.4. The standard InChI is InChI=1S/C19H18N2O/c22-19-11-16(17-7-3-4-8-18(17)20-19)13-21-10-9-14-5-1-2-6-15(14)12-21/h1-8,11H,9-10,12-13H2,(H,20,22). The summed E-state index contributed by atoms with van der Waals surface area (Å²) in [6.07, 6.45) is 1.08. The molecule has 0 bridgehead atoms. The number of benzene rings is 2. The van der Waals surface area contributed by atoms with Gasteiger partial charge in [0.25, 0.3) is 0 Å². The summed E-state index contributed by atoms with van der Waals surface area (Å²) < 4.78 is 0. The number of hydrogen-bond donors (Lipinski definition) is 1. The highest BCUT2D eigenvalue weighted by Crippen LogP contribution is 2.22. The minimum Gasteiger partial charge on any atom is -0.322 e. The summed E-state index contributed by atoms with van der Waals surface area (Å²) in [5.41, 5.74) is 4.87. The number of aromatic amines is 1. The SMILES string of the molecule is O=c1cc(CN2CCc3ccccc3C2)c2ccccc2[nH]1. The van der Waals surface area contributed by atoms with E-state index in [0.717, 1.165) is 42.5 Å². The smallest absolute Gasteiger partial charge is 0.248 e. The molecule has 2 aromatic carbocycles. The maximum atomic E-state index is 11.9. The molecule has 3 aromatic rings. The van der Waals surface area contributed by atoms with Gasteiger partial charge in [0, 0.05) is 36.6 Å². The van der Waals surface area contributed by atoms with E-state index in [-0.39, 0.29) is 5.56 Å². The number of hydrogen-bond acceptors (Lipinski definition) is 2. The first-order valence-corrected chi connectivity index (χ1v) is 7.70. The maximum absolute atomic E-state index is 11.9. The summed E-state index contributed by atoms with van der Waals surface area (Å²) in [6, 6.07) is 18.4. The van der Waals surface area contributed by atoms with Crippen molar-refractivity contribution in [3.05, 3.63) is 81.6 Å². The van der Waals surface area contributed by atoms with E-state index in [1.54, 1.807) is 6.07 Å². The quantitative estimate of drug-likeness (QED) is 0.787. The Labute approximate surface area is 129 Å². The highest BCUT2D eigenvalue weighted by molar-refractivity contribution is 5.81. The summed E-state index contributed by atoms with van der Waals surface area (Å²) >= 11 is 0. The highest BCUT2D eigenvalue weighted by atomic mass is 16.1. The molecular formula is C19H18N2O. The molecule has 1 aromatic heterocycles. The van der Waals surface area contributed by atoms with Gasteiger partial charge in [0.15, 0.2) is 0 Å². The Kier molecular flexibility index (Phi) is 3.28. The molecule has 22 heavy (non-hydrogen) atoms. The number of H-pyrrole nitrogens is 1. The third-order valence-electron chi connectivity index (χ3n) is 4.44. The summed E-state index contributed by atoms with van der Waals surface area (Å²) in [5, 5.41) is 1.14. The fraction of sp³-hybridized carbons (Fsp3) is 0.211. The van der Waals surface area contributed by atoms with Gasteiger partial charge in [-0.2, -0.15) is 0 Å². The van der Waals surface area contributed by atoms with Gasteiger partial charge in [0.2, 0.25) is 5.56 Å². The second-order valence-corrected chi connectivity index (χ2v) is 5.93. The molecule has 3 nitrogen and oxygen atoms in total. The van der Waals surface area contributed by atoms with Crippen molar-refractivity contribution < 1.29 is 0 Å². The minimum atomic E-state index is -0.0221. The number of para-hydroxylation sites is 1. The second-order valence-electron chi connectivity index (χ2n) is 5.93. The Morgan fingerprint density at radius 1 is 1.00 bits per heavy atom. The minimum absolute atomic E-state index is 0.0221. The normalized spacial score (nSPS) is 14.9. The van der Waals surface area contributed by atoms with Crippen LogP contribution in [-0.2, 0) is 19.5 Å². The van der Waals surface area contributed by atoms with Crippen LogP contribution in [0.1, 0.15) is 16.7 Å². The molecule has 3 heteroatoms. The van der Waals surface area contributed by atoms with Crippen molar-refractivity contribution in [1.29, 1.82) is 0 Å². The molecule has 0 fully saturated rings. The maximum Gasteiger partial charge on any atom is 0.248 e. The zero-order valence-electron chi connectivity index (χ0n) is 12.4. The van der Waals surface area contributed by atoms with E-state index in [2.05, 4.69) is 40.2 Å². The fourth-order valence-corrected chi connectivity index (χ4v) is 3.34. The van der Waals surface area contributed by atoms with Gasteiger partial charge in [-0.15, -0.1) is 0 Å². The number of rotatable bonds is 2. The van der Waals surface area contributed by atoms with Crippen molar-refractivity contribution in [3.8, 4) is 0 Å². The summed E-state index contributed by atoms with van der Waals surface area (Å²) in [5.74, 6) is 0. The van der Waals surface area contributed by atoms with Crippen LogP contribution in [0, 0.1) is 0 Å². The van der Waals surface area contributed by atoms with Crippen molar-refractivity contribution in [1.82, 2.24) is 9.88 Å². The topological polar surface area (TPSA) is 36.1 Å². The summed E-state index contributed by atoms with van der Waals surface area (Å²) in [7, 11) is 0. The van der Waals surface area contributed by atoms with Crippen LogP contribution in [0.25, 0.3) is 10.9 Å². The van der Waals surface area contributed by atoms with Crippen LogP contribution in [0.15, 0.2) is 59.4 Å². The lowest BCUT2D eigenvalue weighted by atomic mass is 9.99. The first-order valence-electron chi connectivity index (χ1n) is 7.70. The number of aromatic nitrogens is 1. The van der Waals surface area contributed by atoms with Gasteiger partial charge >= 0.3 is 0 Å². The fourth-order valence-electron chi connectivity index (χ4n) is 3.34. The van der Waals surface area contributed by atoms with Crippen molar-refractivity contribution in [2.24, 2.45) is 0 Å². The van der Waals surface area contributed by atoms with Gasteiger partial charge in [0.05, 0.1) is 0 Å². The second kappa shape index (κ2) is 5.43. The summed E-state index contributed by atoms with van der Waals surface area (Å²) in [6.45, 7) is 2.81. The molecule has 110 valence electrons. The van der Waals surface area contributed by atoms with E-state index in [9.17, 15) is 4.79 Å². The molecule has 0 saturated heterocycles. The average Bonchev–Trinajstić information content (AvgIpc) is 2.54. The Bertz CT molecular complexity index is 882. The molecule has 0 spiro atoms. The lowest BCUT2D eigenvalue weighted by Gasteiger charge is -2.29. The monoisotopic (exact) mass is 290 g/mol. The molecule has 1 aliphatic rings. The van der Waals surface area contributed by atoms with Gasteiger partial charge < -0.3 is 4.98 Å². The number of fused-ring (bicyclic) bond motifs is 2. The van der Waals surface area contributed by atoms with E-state index in [1.807, 2.05) is 18.2 Å². The molecule has 0 aliphatic carbocycles. The van der Waals surface area contributed by atoms with Crippen molar-refractivity contribution in [2.75, 3.05) is 6.54 Å². The summed E-state index contributed by atoms with van der Waals surface area (Å²) in [4.78, 5) is 17.2. The Morgan fingerprint density at radius 3 is 2.68 bits per heavy atom.